The third-order valence-corrected chi connectivity index (χ3v) is 9.23. The van der Waals surface area contributed by atoms with Crippen LogP contribution in [-0.2, 0) is 17.6 Å². The fraction of sp³-hybridized carbons (Fsp3) is 0.267. The molecule has 0 saturated carbocycles. The minimum absolute atomic E-state index is 0.107. The maximum absolute atomic E-state index is 13.8. The summed E-state index contributed by atoms with van der Waals surface area (Å²) in [5, 5.41) is 9.58. The molecule has 52 heavy (non-hydrogen) atoms. The number of ketones is 1. The second kappa shape index (κ2) is 19.6. The first kappa shape index (κ1) is 37.6. The molecule has 0 aliphatic rings. The number of anilines is 2. The zero-order chi connectivity index (χ0) is 36.5. The molecule has 1 atom stereocenters. The van der Waals surface area contributed by atoms with Crippen LogP contribution in [0.5, 0.6) is 0 Å². The number of carbonyl (C=O) groups excluding carboxylic acids is 3. The van der Waals surface area contributed by atoms with E-state index in [1.54, 1.807) is 30.1 Å². The SMILES string of the molecule is CCCCCCCNC(=O)N(C)c1cccc(-c2ccc(C[C@H](Nc3ccccc3C(=O)c3ccccc3)C(=O)NCCc3ccccc3)cc2)c1. The van der Waals surface area contributed by atoms with Crippen molar-refractivity contribution < 1.29 is 14.4 Å². The number of nitrogens with one attached hydrogen (secondary N) is 3. The van der Waals surface area contributed by atoms with Crippen LogP contribution in [0.3, 0.4) is 0 Å². The van der Waals surface area contributed by atoms with Crippen molar-refractivity contribution in [3.8, 4) is 11.1 Å². The fourth-order valence-electron chi connectivity index (χ4n) is 6.17. The highest BCUT2D eigenvalue weighted by molar-refractivity contribution is 6.12. The molecule has 3 N–H and O–H groups in total. The van der Waals surface area contributed by atoms with Crippen LogP contribution in [0, 0.1) is 0 Å². The number of rotatable bonds is 18. The summed E-state index contributed by atoms with van der Waals surface area (Å²) in [4.78, 5) is 41.8. The van der Waals surface area contributed by atoms with Crippen LogP contribution >= 0.6 is 0 Å². The van der Waals surface area contributed by atoms with Crippen molar-refractivity contribution in [1.82, 2.24) is 10.6 Å². The number of unbranched alkanes of at least 4 members (excludes halogenated alkanes) is 4. The van der Waals surface area contributed by atoms with Gasteiger partial charge in [0, 0.05) is 49.1 Å². The summed E-state index contributed by atoms with van der Waals surface area (Å²) in [7, 11) is 1.79. The number of urea groups is 1. The number of benzene rings is 5. The topological polar surface area (TPSA) is 90.5 Å². The number of carbonyl (C=O) groups is 3. The van der Waals surface area contributed by atoms with E-state index in [-0.39, 0.29) is 17.7 Å². The number of nitrogens with zero attached hydrogens (tertiary/aromatic N) is 1. The molecule has 5 aromatic rings. The van der Waals surface area contributed by atoms with Gasteiger partial charge in [0.15, 0.2) is 5.78 Å². The highest BCUT2D eigenvalue weighted by Crippen LogP contribution is 2.26. The third-order valence-electron chi connectivity index (χ3n) is 9.23. The van der Waals surface area contributed by atoms with Gasteiger partial charge in [-0.2, -0.15) is 0 Å². The molecule has 0 fully saturated rings. The van der Waals surface area contributed by atoms with Crippen molar-refractivity contribution in [1.29, 1.82) is 0 Å². The van der Waals surface area contributed by atoms with E-state index in [1.807, 2.05) is 115 Å². The smallest absolute Gasteiger partial charge is 0.321 e. The maximum atomic E-state index is 13.8. The van der Waals surface area contributed by atoms with E-state index < -0.39 is 6.04 Å². The van der Waals surface area contributed by atoms with Crippen molar-refractivity contribution in [3.05, 3.63) is 156 Å². The highest BCUT2D eigenvalue weighted by atomic mass is 16.2. The van der Waals surface area contributed by atoms with Gasteiger partial charge in [-0.3, -0.25) is 14.5 Å². The second-order valence-electron chi connectivity index (χ2n) is 13.1. The van der Waals surface area contributed by atoms with Crippen LogP contribution < -0.4 is 20.9 Å². The van der Waals surface area contributed by atoms with Crippen LogP contribution in [0.2, 0.25) is 0 Å². The average Bonchev–Trinajstić information content (AvgIpc) is 3.19. The lowest BCUT2D eigenvalue weighted by atomic mass is 9.98. The molecule has 0 aliphatic carbocycles. The van der Waals surface area contributed by atoms with E-state index in [2.05, 4.69) is 22.9 Å². The molecule has 7 nitrogen and oxygen atoms in total. The first-order valence-electron chi connectivity index (χ1n) is 18.4. The largest absolute Gasteiger partial charge is 0.373 e. The Kier molecular flexibility index (Phi) is 14.2. The van der Waals surface area contributed by atoms with Gasteiger partial charge in [-0.15, -0.1) is 0 Å². The Labute approximate surface area is 308 Å². The van der Waals surface area contributed by atoms with E-state index in [0.29, 0.717) is 42.7 Å². The predicted octanol–water partition coefficient (Wildman–Crippen LogP) is 9.08. The Morgan fingerprint density at radius 1 is 0.635 bits per heavy atom. The van der Waals surface area contributed by atoms with Gasteiger partial charge in [0.25, 0.3) is 0 Å². The van der Waals surface area contributed by atoms with Crippen LogP contribution in [-0.4, -0.2) is 43.9 Å². The molecule has 0 unspecified atom stereocenters. The average molecular weight is 695 g/mol. The van der Waals surface area contributed by atoms with Crippen molar-refractivity contribution in [2.24, 2.45) is 0 Å². The van der Waals surface area contributed by atoms with Gasteiger partial charge in [-0.25, -0.2) is 4.79 Å². The molecule has 7 heteroatoms. The Balaban J connectivity index is 1.29. The molecule has 5 aromatic carbocycles. The summed E-state index contributed by atoms with van der Waals surface area (Å²) in [5.41, 5.74) is 6.63. The van der Waals surface area contributed by atoms with E-state index in [9.17, 15) is 14.4 Å². The Morgan fingerprint density at radius 2 is 1.33 bits per heavy atom. The normalized spacial score (nSPS) is 11.3. The zero-order valence-corrected chi connectivity index (χ0v) is 30.3. The van der Waals surface area contributed by atoms with Crippen molar-refractivity contribution >= 4 is 29.1 Å². The van der Waals surface area contributed by atoms with Gasteiger partial charge in [-0.05, 0) is 59.4 Å². The summed E-state index contributed by atoms with van der Waals surface area (Å²) >= 11 is 0. The van der Waals surface area contributed by atoms with Crippen molar-refractivity contribution in [2.45, 2.75) is 57.9 Å². The molecule has 268 valence electrons. The van der Waals surface area contributed by atoms with Crippen LogP contribution in [0.25, 0.3) is 11.1 Å². The minimum Gasteiger partial charge on any atom is -0.373 e. The van der Waals surface area contributed by atoms with Gasteiger partial charge >= 0.3 is 6.03 Å². The zero-order valence-electron chi connectivity index (χ0n) is 30.3. The molecule has 0 heterocycles. The molecule has 0 saturated heterocycles. The number of hydrogen-bond donors (Lipinski definition) is 3. The van der Waals surface area contributed by atoms with Crippen LogP contribution in [0.1, 0.15) is 66.1 Å². The van der Waals surface area contributed by atoms with Gasteiger partial charge in [-0.1, -0.05) is 142 Å². The second-order valence-corrected chi connectivity index (χ2v) is 13.1. The predicted molar refractivity (Wildman–Crippen MR) is 213 cm³/mol. The summed E-state index contributed by atoms with van der Waals surface area (Å²) in [6.45, 7) is 3.36. The summed E-state index contributed by atoms with van der Waals surface area (Å²) in [6.07, 6.45) is 6.86. The number of hydrogen-bond acceptors (Lipinski definition) is 4. The Bertz CT molecular complexity index is 1880. The van der Waals surface area contributed by atoms with Crippen molar-refractivity contribution in [3.63, 3.8) is 0 Å². The third kappa shape index (κ3) is 10.9. The quantitative estimate of drug-likeness (QED) is 0.0631. The van der Waals surface area contributed by atoms with Gasteiger partial charge in [0.05, 0.1) is 0 Å². The summed E-state index contributed by atoms with van der Waals surface area (Å²) < 4.78 is 0. The molecule has 0 spiro atoms. The van der Waals surface area contributed by atoms with Gasteiger partial charge < -0.3 is 16.0 Å². The van der Waals surface area contributed by atoms with Crippen LogP contribution in [0.4, 0.5) is 16.2 Å². The monoisotopic (exact) mass is 694 g/mol. The molecule has 0 bridgehead atoms. The Hall–Kier alpha value is -5.69. The maximum Gasteiger partial charge on any atom is 0.321 e. The molecular formula is C45H50N4O3. The number of amides is 3. The van der Waals surface area contributed by atoms with Gasteiger partial charge in [0.2, 0.25) is 5.91 Å². The molecule has 0 radical (unpaired) electrons. The van der Waals surface area contributed by atoms with E-state index in [4.69, 9.17) is 0 Å². The van der Waals surface area contributed by atoms with Crippen LogP contribution in [0.15, 0.2) is 133 Å². The minimum atomic E-state index is -0.631. The van der Waals surface area contributed by atoms with Crippen molar-refractivity contribution in [2.75, 3.05) is 30.4 Å². The lowest BCUT2D eigenvalue weighted by molar-refractivity contribution is -0.121. The molecule has 5 rings (SSSR count). The molecule has 0 aromatic heterocycles. The lowest BCUT2D eigenvalue weighted by Crippen LogP contribution is -2.42. The molecular weight excluding hydrogens is 645 g/mol. The first-order valence-corrected chi connectivity index (χ1v) is 18.4. The fourth-order valence-corrected chi connectivity index (χ4v) is 6.17. The van der Waals surface area contributed by atoms with E-state index in [0.717, 1.165) is 40.8 Å². The lowest BCUT2D eigenvalue weighted by Gasteiger charge is -2.22. The Morgan fingerprint density at radius 3 is 2.08 bits per heavy atom. The van der Waals surface area contributed by atoms with E-state index in [1.165, 1.54) is 19.3 Å². The van der Waals surface area contributed by atoms with Gasteiger partial charge in [0.1, 0.15) is 6.04 Å². The summed E-state index contributed by atoms with van der Waals surface area (Å²) in [6, 6.07) is 41.9. The number of para-hydroxylation sites is 1. The molecule has 3 amide bonds. The standard InChI is InChI=1S/C45H50N4O3/c1-3-4-5-6-15-30-47-45(52)49(2)39-22-16-21-38(33-39)36-27-25-35(26-28-36)32-42(44(51)46-31-29-34-17-9-7-10-18-34)48-41-24-14-13-23-40(41)43(50)37-19-11-8-12-20-37/h7-14,16-28,33,42,48H,3-6,15,29-32H2,1-2H3,(H,46,51)(H,47,52)/t42-/m0/s1. The van der Waals surface area contributed by atoms with E-state index >= 15 is 0 Å². The highest BCUT2D eigenvalue weighted by Gasteiger charge is 2.22. The first-order chi connectivity index (χ1) is 25.4. The summed E-state index contributed by atoms with van der Waals surface area (Å²) in [5.74, 6) is -0.249. The molecule has 0 aliphatic heterocycles.